The highest BCUT2D eigenvalue weighted by molar-refractivity contribution is 6.14. The quantitative estimate of drug-likeness (QED) is 0.537. The van der Waals surface area contributed by atoms with Gasteiger partial charge in [-0.2, -0.15) is 0 Å². The van der Waals surface area contributed by atoms with Crippen LogP contribution in [0.5, 0.6) is 23.0 Å². The number of ether oxygens (including phenoxy) is 4. The standard InChI is InChI=1S/C24H19FO5/c1-27-20-9-6-15(11-22(20)28-2)12-23-24(26)19-8-7-18(13-21(19)30-23)29-14-16-4-3-5-17(25)10-16/h3-13H,14H2,1-2H3/b23-12-. The molecule has 152 valence electrons. The highest BCUT2D eigenvalue weighted by Crippen LogP contribution is 2.36. The molecule has 3 aromatic rings. The van der Waals surface area contributed by atoms with Crippen molar-refractivity contribution in [3.63, 3.8) is 0 Å². The van der Waals surface area contributed by atoms with Crippen molar-refractivity contribution in [3.8, 4) is 23.0 Å². The Hall–Kier alpha value is -3.80. The number of hydrogen-bond donors (Lipinski definition) is 0. The fourth-order valence-electron chi connectivity index (χ4n) is 3.14. The van der Waals surface area contributed by atoms with Crippen molar-refractivity contribution in [1.29, 1.82) is 0 Å². The summed E-state index contributed by atoms with van der Waals surface area (Å²) in [6, 6.07) is 16.5. The molecular formula is C24H19FO5. The topological polar surface area (TPSA) is 54.0 Å². The van der Waals surface area contributed by atoms with Crippen LogP contribution in [-0.4, -0.2) is 20.0 Å². The molecule has 4 rings (SSSR count). The number of benzene rings is 3. The summed E-state index contributed by atoms with van der Waals surface area (Å²) in [5, 5.41) is 0. The SMILES string of the molecule is COc1ccc(/C=C2\Oc3cc(OCc4cccc(F)c4)ccc3C2=O)cc1OC. The van der Waals surface area contributed by atoms with E-state index in [0.29, 0.717) is 34.1 Å². The van der Waals surface area contributed by atoms with Gasteiger partial charge in [0.15, 0.2) is 17.3 Å². The second-order valence-corrected chi connectivity index (χ2v) is 6.63. The number of rotatable bonds is 6. The van der Waals surface area contributed by atoms with E-state index >= 15 is 0 Å². The molecule has 3 aromatic carbocycles. The fraction of sp³-hybridized carbons (Fsp3) is 0.125. The molecule has 6 heteroatoms. The molecule has 1 heterocycles. The van der Waals surface area contributed by atoms with Gasteiger partial charge in [0.1, 0.15) is 23.9 Å². The first kappa shape index (κ1) is 19.5. The van der Waals surface area contributed by atoms with E-state index in [1.54, 1.807) is 62.8 Å². The van der Waals surface area contributed by atoms with Crippen LogP contribution in [0.1, 0.15) is 21.5 Å². The van der Waals surface area contributed by atoms with Gasteiger partial charge in [-0.25, -0.2) is 4.39 Å². The van der Waals surface area contributed by atoms with Crippen LogP contribution >= 0.6 is 0 Å². The van der Waals surface area contributed by atoms with Crippen molar-refractivity contribution in [2.24, 2.45) is 0 Å². The van der Waals surface area contributed by atoms with Crippen molar-refractivity contribution in [2.75, 3.05) is 14.2 Å². The highest BCUT2D eigenvalue weighted by Gasteiger charge is 2.27. The maximum absolute atomic E-state index is 13.3. The minimum Gasteiger partial charge on any atom is -0.493 e. The summed E-state index contributed by atoms with van der Waals surface area (Å²) in [6.45, 7) is 0.207. The lowest BCUT2D eigenvalue weighted by Crippen LogP contribution is -1.98. The third kappa shape index (κ3) is 3.98. The molecule has 0 saturated heterocycles. The van der Waals surface area contributed by atoms with Crippen LogP contribution in [0, 0.1) is 5.82 Å². The van der Waals surface area contributed by atoms with E-state index in [0.717, 1.165) is 5.56 Å². The van der Waals surface area contributed by atoms with Crippen LogP contribution in [0.25, 0.3) is 6.08 Å². The Labute approximate surface area is 173 Å². The van der Waals surface area contributed by atoms with Crippen molar-refractivity contribution < 1.29 is 28.1 Å². The normalized spacial score (nSPS) is 13.7. The zero-order chi connectivity index (χ0) is 21.1. The molecule has 0 atom stereocenters. The minimum absolute atomic E-state index is 0.207. The summed E-state index contributed by atoms with van der Waals surface area (Å²) in [5.74, 6) is 1.78. The van der Waals surface area contributed by atoms with Crippen LogP contribution in [0.2, 0.25) is 0 Å². The number of halogens is 1. The lowest BCUT2D eigenvalue weighted by Gasteiger charge is -2.08. The number of carbonyl (C=O) groups is 1. The summed E-state index contributed by atoms with van der Waals surface area (Å²) in [6.07, 6.45) is 1.65. The van der Waals surface area contributed by atoms with Gasteiger partial charge in [-0.1, -0.05) is 18.2 Å². The molecule has 0 bridgehead atoms. The molecule has 30 heavy (non-hydrogen) atoms. The summed E-state index contributed by atoms with van der Waals surface area (Å²) in [5.41, 5.74) is 1.91. The Morgan fingerprint density at radius 2 is 1.80 bits per heavy atom. The van der Waals surface area contributed by atoms with Crippen LogP contribution in [0.3, 0.4) is 0 Å². The first-order valence-electron chi connectivity index (χ1n) is 9.25. The predicted molar refractivity (Wildman–Crippen MR) is 110 cm³/mol. The number of fused-ring (bicyclic) bond motifs is 1. The van der Waals surface area contributed by atoms with Crippen LogP contribution in [0.4, 0.5) is 4.39 Å². The lowest BCUT2D eigenvalue weighted by molar-refractivity contribution is 0.101. The lowest BCUT2D eigenvalue weighted by atomic mass is 10.1. The molecule has 0 fully saturated rings. The maximum Gasteiger partial charge on any atom is 0.231 e. The van der Waals surface area contributed by atoms with Crippen molar-refractivity contribution >= 4 is 11.9 Å². The van der Waals surface area contributed by atoms with E-state index in [4.69, 9.17) is 18.9 Å². The highest BCUT2D eigenvalue weighted by atomic mass is 19.1. The molecular weight excluding hydrogens is 387 g/mol. The molecule has 0 spiro atoms. The zero-order valence-electron chi connectivity index (χ0n) is 16.5. The summed E-state index contributed by atoms with van der Waals surface area (Å²) < 4.78 is 35.3. The Balaban J connectivity index is 1.52. The van der Waals surface area contributed by atoms with Crippen molar-refractivity contribution in [2.45, 2.75) is 6.61 Å². The first-order chi connectivity index (χ1) is 14.6. The third-order valence-electron chi connectivity index (χ3n) is 4.64. The largest absolute Gasteiger partial charge is 0.493 e. The molecule has 0 amide bonds. The van der Waals surface area contributed by atoms with Gasteiger partial charge in [-0.3, -0.25) is 4.79 Å². The number of allylic oxidation sites excluding steroid dienone is 1. The average Bonchev–Trinajstić information content (AvgIpc) is 3.06. The van der Waals surface area contributed by atoms with Gasteiger partial charge >= 0.3 is 0 Å². The van der Waals surface area contributed by atoms with Crippen LogP contribution < -0.4 is 18.9 Å². The van der Waals surface area contributed by atoms with Gasteiger partial charge in [0.2, 0.25) is 5.78 Å². The van der Waals surface area contributed by atoms with Crippen LogP contribution in [-0.2, 0) is 6.61 Å². The van der Waals surface area contributed by atoms with E-state index in [9.17, 15) is 9.18 Å². The van der Waals surface area contributed by atoms with Gasteiger partial charge in [0.25, 0.3) is 0 Å². The Kier molecular flexibility index (Phi) is 5.39. The smallest absolute Gasteiger partial charge is 0.231 e. The molecule has 0 N–H and O–H groups in total. The minimum atomic E-state index is -0.316. The third-order valence-corrected chi connectivity index (χ3v) is 4.64. The number of Topliss-reactive ketones (excluding diaryl/α,β-unsaturated/α-hetero) is 1. The second kappa shape index (κ2) is 8.29. The summed E-state index contributed by atoms with van der Waals surface area (Å²) in [4.78, 5) is 12.7. The fourth-order valence-corrected chi connectivity index (χ4v) is 3.14. The molecule has 0 radical (unpaired) electrons. The number of carbonyl (C=O) groups excluding carboxylic acids is 1. The van der Waals surface area contributed by atoms with Crippen molar-refractivity contribution in [3.05, 3.63) is 88.9 Å². The molecule has 1 aliphatic heterocycles. The number of ketones is 1. The summed E-state index contributed by atoms with van der Waals surface area (Å²) in [7, 11) is 3.11. The molecule has 0 unspecified atom stereocenters. The van der Waals surface area contributed by atoms with E-state index in [1.807, 2.05) is 6.07 Å². The van der Waals surface area contributed by atoms with Gasteiger partial charge in [0.05, 0.1) is 19.8 Å². The Morgan fingerprint density at radius 1 is 0.967 bits per heavy atom. The van der Waals surface area contributed by atoms with E-state index in [2.05, 4.69) is 0 Å². The molecule has 1 aliphatic rings. The van der Waals surface area contributed by atoms with Gasteiger partial charge in [0, 0.05) is 6.07 Å². The van der Waals surface area contributed by atoms with Gasteiger partial charge < -0.3 is 18.9 Å². The van der Waals surface area contributed by atoms with E-state index < -0.39 is 0 Å². The molecule has 0 aromatic heterocycles. The van der Waals surface area contributed by atoms with E-state index in [1.165, 1.54) is 12.1 Å². The predicted octanol–water partition coefficient (Wildman–Crippen LogP) is 5.04. The average molecular weight is 406 g/mol. The number of hydrogen-bond acceptors (Lipinski definition) is 5. The van der Waals surface area contributed by atoms with Crippen molar-refractivity contribution in [1.82, 2.24) is 0 Å². The monoisotopic (exact) mass is 406 g/mol. The Morgan fingerprint density at radius 3 is 2.57 bits per heavy atom. The van der Waals surface area contributed by atoms with Gasteiger partial charge in [-0.15, -0.1) is 0 Å². The molecule has 0 aliphatic carbocycles. The van der Waals surface area contributed by atoms with Crippen LogP contribution in [0.15, 0.2) is 66.4 Å². The summed E-state index contributed by atoms with van der Waals surface area (Å²) >= 11 is 0. The Bertz CT molecular complexity index is 1140. The maximum atomic E-state index is 13.3. The zero-order valence-corrected chi connectivity index (χ0v) is 16.5. The van der Waals surface area contributed by atoms with E-state index in [-0.39, 0.29) is 24.0 Å². The number of methoxy groups -OCH3 is 2. The second-order valence-electron chi connectivity index (χ2n) is 6.63. The molecule has 5 nitrogen and oxygen atoms in total. The van der Waals surface area contributed by atoms with Gasteiger partial charge in [-0.05, 0) is 53.6 Å². The molecule has 0 saturated carbocycles. The first-order valence-corrected chi connectivity index (χ1v) is 9.25.